The summed E-state index contributed by atoms with van der Waals surface area (Å²) >= 11 is 0. The Kier molecular flexibility index (Phi) is 6.73. The first-order valence-corrected chi connectivity index (χ1v) is 14.6. The first kappa shape index (κ1) is 26.4. The van der Waals surface area contributed by atoms with Crippen LogP contribution in [0.5, 0.6) is 11.6 Å². The average molecular weight is 551 g/mol. The molecule has 1 N–H and O–H groups in total. The number of pyridine rings is 1. The van der Waals surface area contributed by atoms with E-state index in [2.05, 4.69) is 91.7 Å². The summed E-state index contributed by atoms with van der Waals surface area (Å²) in [5, 5.41) is 16.4. The summed E-state index contributed by atoms with van der Waals surface area (Å²) < 4.78 is 6.60. The maximum atomic E-state index is 13.3. The molecule has 42 heavy (non-hydrogen) atoms. The fourth-order valence-electron chi connectivity index (χ4n) is 6.52. The number of aromatic nitrogens is 1. The van der Waals surface area contributed by atoms with Crippen molar-refractivity contribution in [2.45, 2.75) is 31.4 Å². The monoisotopic (exact) mass is 550 g/mol. The molecule has 0 saturated heterocycles. The highest BCUT2D eigenvalue weighted by molar-refractivity contribution is 5.89. The summed E-state index contributed by atoms with van der Waals surface area (Å²) in [4.78, 5) is 7.33. The van der Waals surface area contributed by atoms with Gasteiger partial charge in [-0.1, -0.05) is 96.6 Å². The Morgan fingerprint density at radius 1 is 0.810 bits per heavy atom. The van der Waals surface area contributed by atoms with Gasteiger partial charge in [0.25, 0.3) is 0 Å². The van der Waals surface area contributed by atoms with Crippen LogP contribution in [-0.4, -0.2) is 28.6 Å². The molecule has 0 radical (unpaired) electrons. The van der Waals surface area contributed by atoms with Crippen LogP contribution in [0.4, 0.5) is 0 Å². The van der Waals surface area contributed by atoms with Gasteiger partial charge in [-0.3, -0.25) is 0 Å². The molecule has 0 fully saturated rings. The third kappa shape index (κ3) is 4.83. The van der Waals surface area contributed by atoms with Crippen LogP contribution in [0.1, 0.15) is 40.2 Å². The van der Waals surface area contributed by atoms with Crippen LogP contribution in [0.2, 0.25) is 0 Å². The van der Waals surface area contributed by atoms with Gasteiger partial charge in [0.1, 0.15) is 11.4 Å². The fourth-order valence-corrected chi connectivity index (χ4v) is 6.52. The van der Waals surface area contributed by atoms with E-state index in [0.717, 1.165) is 44.9 Å². The summed E-state index contributed by atoms with van der Waals surface area (Å²) in [5.41, 5.74) is 4.85. The van der Waals surface area contributed by atoms with Gasteiger partial charge in [0.05, 0.1) is 5.52 Å². The van der Waals surface area contributed by atoms with Crippen molar-refractivity contribution >= 4 is 21.7 Å². The molecule has 4 nitrogen and oxygen atoms in total. The van der Waals surface area contributed by atoms with E-state index in [-0.39, 0.29) is 0 Å². The fraction of sp³-hybridized carbons (Fsp3) is 0.184. The molecule has 0 aliphatic carbocycles. The quantitative estimate of drug-likeness (QED) is 0.226. The second-order valence-electron chi connectivity index (χ2n) is 11.6. The number of benzene rings is 5. The van der Waals surface area contributed by atoms with Gasteiger partial charge in [0, 0.05) is 30.0 Å². The molecule has 208 valence electrons. The van der Waals surface area contributed by atoms with Crippen LogP contribution in [0.3, 0.4) is 0 Å². The number of hydrogen-bond acceptors (Lipinski definition) is 4. The normalized spacial score (nSPS) is 18.0. The lowest BCUT2D eigenvalue weighted by Gasteiger charge is -2.41. The largest absolute Gasteiger partial charge is 0.439 e. The Balaban J connectivity index is 1.45. The second-order valence-corrected chi connectivity index (χ2v) is 11.6. The zero-order chi connectivity index (χ0) is 28.7. The van der Waals surface area contributed by atoms with Crippen LogP contribution in [0.15, 0.2) is 121 Å². The molecule has 4 heteroatoms. The van der Waals surface area contributed by atoms with Gasteiger partial charge < -0.3 is 14.7 Å². The van der Waals surface area contributed by atoms with Crippen molar-refractivity contribution in [1.82, 2.24) is 9.88 Å². The predicted octanol–water partition coefficient (Wildman–Crippen LogP) is 8.34. The summed E-state index contributed by atoms with van der Waals surface area (Å²) in [6.07, 6.45) is 0.522. The van der Waals surface area contributed by atoms with Crippen LogP contribution in [-0.2, 0) is 12.1 Å². The Labute approximate surface area is 246 Å². The van der Waals surface area contributed by atoms with Crippen molar-refractivity contribution < 1.29 is 9.84 Å². The lowest BCUT2D eigenvalue weighted by molar-refractivity contribution is 0.00230. The lowest BCUT2D eigenvalue weighted by atomic mass is 9.70. The van der Waals surface area contributed by atoms with Gasteiger partial charge in [0.2, 0.25) is 5.88 Å². The van der Waals surface area contributed by atoms with E-state index in [1.807, 2.05) is 48.5 Å². The van der Waals surface area contributed by atoms with Gasteiger partial charge >= 0.3 is 0 Å². The number of rotatable bonds is 6. The first-order chi connectivity index (χ1) is 20.5. The predicted molar refractivity (Wildman–Crippen MR) is 170 cm³/mol. The van der Waals surface area contributed by atoms with E-state index in [1.165, 1.54) is 11.1 Å². The van der Waals surface area contributed by atoms with Gasteiger partial charge in [-0.25, -0.2) is 4.98 Å². The number of ether oxygens (including phenoxy) is 1. The number of aryl methyl sites for hydroxylation is 1. The van der Waals surface area contributed by atoms with Gasteiger partial charge in [-0.2, -0.15) is 0 Å². The topological polar surface area (TPSA) is 45.6 Å². The van der Waals surface area contributed by atoms with Crippen molar-refractivity contribution in [3.05, 3.63) is 149 Å². The first-order valence-electron chi connectivity index (χ1n) is 14.6. The van der Waals surface area contributed by atoms with Crippen molar-refractivity contribution in [3.8, 4) is 11.6 Å². The smallest absolute Gasteiger partial charge is 0.223 e. The van der Waals surface area contributed by atoms with E-state index in [4.69, 9.17) is 9.72 Å². The number of nitrogens with zero attached hydrogens (tertiary/aromatic N) is 2. The molecule has 1 aliphatic rings. The number of fused-ring (bicyclic) bond motifs is 6. The van der Waals surface area contributed by atoms with Crippen molar-refractivity contribution in [3.63, 3.8) is 0 Å². The molecule has 2 unspecified atom stereocenters. The molecule has 0 amide bonds. The molecule has 2 atom stereocenters. The minimum atomic E-state index is -1.25. The molecular weight excluding hydrogens is 516 g/mol. The molecule has 5 aromatic carbocycles. The van der Waals surface area contributed by atoms with Gasteiger partial charge in [-0.15, -0.1) is 0 Å². The Bertz CT molecular complexity index is 1890. The molecule has 2 heterocycles. The minimum absolute atomic E-state index is 0.407. The highest BCUT2D eigenvalue weighted by atomic mass is 16.5. The molecule has 1 aromatic heterocycles. The zero-order valence-corrected chi connectivity index (χ0v) is 24.0. The molecular formula is C38H34N2O2. The van der Waals surface area contributed by atoms with E-state index in [1.54, 1.807) is 0 Å². The third-order valence-electron chi connectivity index (χ3n) is 8.57. The molecule has 6 aromatic rings. The van der Waals surface area contributed by atoms with Crippen LogP contribution in [0.25, 0.3) is 21.7 Å². The second kappa shape index (κ2) is 10.7. The maximum absolute atomic E-state index is 13.3. The zero-order valence-electron chi connectivity index (χ0n) is 24.0. The summed E-state index contributed by atoms with van der Waals surface area (Å²) in [7, 11) is 2.13. The average Bonchev–Trinajstić information content (AvgIpc) is 3.00. The molecule has 0 saturated carbocycles. The van der Waals surface area contributed by atoms with Crippen molar-refractivity contribution in [2.75, 3.05) is 13.6 Å². The molecule has 0 spiro atoms. The van der Waals surface area contributed by atoms with E-state index in [9.17, 15) is 5.11 Å². The maximum Gasteiger partial charge on any atom is 0.223 e. The Morgan fingerprint density at radius 2 is 1.55 bits per heavy atom. The Hall–Kier alpha value is -4.51. The van der Waals surface area contributed by atoms with Crippen LogP contribution < -0.4 is 4.74 Å². The van der Waals surface area contributed by atoms with Crippen molar-refractivity contribution in [2.24, 2.45) is 0 Å². The highest BCUT2D eigenvalue weighted by Crippen LogP contribution is 2.52. The minimum Gasteiger partial charge on any atom is -0.439 e. The van der Waals surface area contributed by atoms with Crippen LogP contribution >= 0.6 is 0 Å². The number of aliphatic hydroxyl groups is 1. The van der Waals surface area contributed by atoms with Gasteiger partial charge in [0.15, 0.2) is 0 Å². The van der Waals surface area contributed by atoms with Crippen LogP contribution in [0, 0.1) is 6.92 Å². The molecule has 2 bridgehead atoms. The summed E-state index contributed by atoms with van der Waals surface area (Å²) in [5.74, 6) is 0.818. The van der Waals surface area contributed by atoms with E-state index in [0.29, 0.717) is 24.6 Å². The van der Waals surface area contributed by atoms with E-state index < -0.39 is 11.5 Å². The summed E-state index contributed by atoms with van der Waals surface area (Å²) in [6.45, 7) is 3.60. The molecule has 1 aliphatic heterocycles. The number of hydrogen-bond donors (Lipinski definition) is 1. The lowest BCUT2D eigenvalue weighted by Crippen LogP contribution is -2.39. The van der Waals surface area contributed by atoms with Gasteiger partial charge in [-0.05, 0) is 78.2 Å². The highest BCUT2D eigenvalue weighted by Gasteiger charge is 2.44. The molecule has 7 rings (SSSR count). The van der Waals surface area contributed by atoms with E-state index >= 15 is 0 Å². The van der Waals surface area contributed by atoms with Crippen molar-refractivity contribution in [1.29, 1.82) is 0 Å². The standard InChI is InChI=1S/C38H34N2O2/c1-26-17-18-35-30(21-26)23-33-36(28-13-7-4-8-14-28)38(41,19-20-40(2)25-27-11-5-3-6-12-27)34-24-31(42-37(33)39-35)22-29-15-9-10-16-32(29)34/h3-18,21-24,36,41H,19-20,25H2,1-2H3. The SMILES string of the molecule is Cc1ccc2nc3c(cc2c1)C(c1ccccc1)C(O)(CCN(C)Cc1ccccc1)c1cc(cc2ccccc12)O3. The Morgan fingerprint density at radius 3 is 2.36 bits per heavy atom. The third-order valence-corrected chi connectivity index (χ3v) is 8.57. The summed E-state index contributed by atoms with van der Waals surface area (Å²) in [6, 6.07) is 41.6.